The van der Waals surface area contributed by atoms with Crippen LogP contribution in [0.3, 0.4) is 0 Å². The molecule has 0 aliphatic carbocycles. The minimum Gasteiger partial charge on any atom is -0.493 e. The zero-order chi connectivity index (χ0) is 21.5. The number of nitrogens with one attached hydrogen (secondary N) is 1. The predicted octanol–water partition coefficient (Wildman–Crippen LogP) is 5.24. The van der Waals surface area contributed by atoms with Gasteiger partial charge in [0.1, 0.15) is 10.8 Å². The molecule has 1 N–H and O–H groups in total. The Kier molecular flexibility index (Phi) is 6.69. The van der Waals surface area contributed by atoms with Gasteiger partial charge in [0.15, 0.2) is 0 Å². The molecule has 0 saturated carbocycles. The van der Waals surface area contributed by atoms with E-state index in [0.717, 1.165) is 27.4 Å². The van der Waals surface area contributed by atoms with Gasteiger partial charge in [0.05, 0.1) is 12.5 Å². The highest BCUT2D eigenvalue weighted by Gasteiger charge is 2.23. The van der Waals surface area contributed by atoms with Crippen LogP contribution in [-0.2, 0) is 11.2 Å². The SMILES string of the molecule is Cc1cccc(OCCc2nnc(NC(=O)C(c3ccccc3)c3ccccc3)s2)c1. The third-order valence-corrected chi connectivity index (χ3v) is 5.70. The highest BCUT2D eigenvalue weighted by Crippen LogP contribution is 2.27. The Hall–Kier alpha value is -3.51. The van der Waals surface area contributed by atoms with E-state index in [4.69, 9.17) is 4.74 Å². The first-order chi connectivity index (χ1) is 15.2. The van der Waals surface area contributed by atoms with Crippen LogP contribution < -0.4 is 10.1 Å². The molecule has 5 nitrogen and oxygen atoms in total. The molecular formula is C25H23N3O2S. The van der Waals surface area contributed by atoms with Gasteiger partial charge < -0.3 is 4.74 Å². The average molecular weight is 430 g/mol. The van der Waals surface area contributed by atoms with Crippen molar-refractivity contribution in [2.75, 3.05) is 11.9 Å². The van der Waals surface area contributed by atoms with Crippen molar-refractivity contribution in [3.63, 3.8) is 0 Å². The zero-order valence-corrected chi connectivity index (χ0v) is 18.0. The molecule has 0 spiro atoms. The number of aryl methyl sites for hydroxylation is 1. The van der Waals surface area contributed by atoms with E-state index in [1.54, 1.807) is 0 Å². The van der Waals surface area contributed by atoms with E-state index in [9.17, 15) is 4.79 Å². The molecule has 0 bridgehead atoms. The predicted molar refractivity (Wildman–Crippen MR) is 124 cm³/mol. The number of carbonyl (C=O) groups is 1. The third kappa shape index (κ3) is 5.55. The van der Waals surface area contributed by atoms with Gasteiger partial charge in [0.2, 0.25) is 11.0 Å². The van der Waals surface area contributed by atoms with Gasteiger partial charge in [-0.25, -0.2) is 0 Å². The summed E-state index contributed by atoms with van der Waals surface area (Å²) in [6, 6.07) is 27.4. The number of amides is 1. The van der Waals surface area contributed by atoms with E-state index >= 15 is 0 Å². The lowest BCUT2D eigenvalue weighted by Crippen LogP contribution is -2.22. The fourth-order valence-corrected chi connectivity index (χ4v) is 4.05. The molecule has 156 valence electrons. The van der Waals surface area contributed by atoms with Crippen molar-refractivity contribution in [1.29, 1.82) is 0 Å². The number of carbonyl (C=O) groups excluding carboxylic acids is 1. The van der Waals surface area contributed by atoms with Crippen LogP contribution in [0.15, 0.2) is 84.9 Å². The lowest BCUT2D eigenvalue weighted by Gasteiger charge is -2.16. The van der Waals surface area contributed by atoms with Crippen LogP contribution in [0.4, 0.5) is 5.13 Å². The number of hydrogen-bond acceptors (Lipinski definition) is 5. The van der Waals surface area contributed by atoms with E-state index < -0.39 is 5.92 Å². The van der Waals surface area contributed by atoms with E-state index in [1.807, 2.05) is 91.9 Å². The minimum atomic E-state index is -0.417. The van der Waals surface area contributed by atoms with Crippen LogP contribution in [-0.4, -0.2) is 22.7 Å². The second-order valence-electron chi connectivity index (χ2n) is 7.16. The van der Waals surface area contributed by atoms with Crippen molar-refractivity contribution in [3.05, 3.63) is 107 Å². The van der Waals surface area contributed by atoms with E-state index in [1.165, 1.54) is 11.3 Å². The van der Waals surface area contributed by atoms with Crippen molar-refractivity contribution in [3.8, 4) is 5.75 Å². The molecule has 3 aromatic carbocycles. The molecule has 6 heteroatoms. The molecule has 31 heavy (non-hydrogen) atoms. The Balaban J connectivity index is 1.41. The minimum absolute atomic E-state index is 0.129. The average Bonchev–Trinajstić information content (AvgIpc) is 3.22. The number of hydrogen-bond donors (Lipinski definition) is 1. The van der Waals surface area contributed by atoms with Crippen LogP contribution in [0.1, 0.15) is 27.6 Å². The van der Waals surface area contributed by atoms with Crippen molar-refractivity contribution in [2.24, 2.45) is 0 Å². The number of aromatic nitrogens is 2. The monoisotopic (exact) mass is 429 g/mol. The van der Waals surface area contributed by atoms with E-state index in [2.05, 4.69) is 15.5 Å². The highest BCUT2D eigenvalue weighted by atomic mass is 32.1. The fraction of sp³-hybridized carbons (Fsp3) is 0.160. The largest absolute Gasteiger partial charge is 0.493 e. The second kappa shape index (κ2) is 10.00. The van der Waals surface area contributed by atoms with Gasteiger partial charge in [0.25, 0.3) is 0 Å². The maximum absolute atomic E-state index is 13.2. The number of anilines is 1. The Morgan fingerprint density at radius 1 is 0.935 bits per heavy atom. The highest BCUT2D eigenvalue weighted by molar-refractivity contribution is 7.15. The third-order valence-electron chi connectivity index (χ3n) is 4.80. The van der Waals surface area contributed by atoms with Gasteiger partial charge >= 0.3 is 0 Å². The van der Waals surface area contributed by atoms with Gasteiger partial charge in [-0.1, -0.05) is 84.1 Å². The lowest BCUT2D eigenvalue weighted by atomic mass is 9.90. The van der Waals surface area contributed by atoms with Crippen molar-refractivity contribution in [1.82, 2.24) is 10.2 Å². The normalized spacial score (nSPS) is 10.8. The molecule has 0 aliphatic heterocycles. The summed E-state index contributed by atoms with van der Waals surface area (Å²) >= 11 is 1.37. The summed E-state index contributed by atoms with van der Waals surface area (Å²) in [4.78, 5) is 13.2. The summed E-state index contributed by atoms with van der Waals surface area (Å²) in [5.41, 5.74) is 3.02. The molecule has 1 amide bonds. The first kappa shape index (κ1) is 20.8. The first-order valence-electron chi connectivity index (χ1n) is 10.1. The Morgan fingerprint density at radius 2 is 1.61 bits per heavy atom. The zero-order valence-electron chi connectivity index (χ0n) is 17.2. The molecular weight excluding hydrogens is 406 g/mol. The van der Waals surface area contributed by atoms with Gasteiger partial charge in [-0.2, -0.15) is 0 Å². The van der Waals surface area contributed by atoms with Gasteiger partial charge in [0, 0.05) is 6.42 Å². The Labute approximate surface area is 185 Å². The molecule has 4 aromatic rings. The summed E-state index contributed by atoms with van der Waals surface area (Å²) in [5, 5.41) is 12.6. The van der Waals surface area contributed by atoms with Crippen molar-refractivity contribution < 1.29 is 9.53 Å². The maximum Gasteiger partial charge on any atom is 0.238 e. The van der Waals surface area contributed by atoms with E-state index in [-0.39, 0.29) is 5.91 Å². The molecule has 1 aromatic heterocycles. The molecule has 0 radical (unpaired) electrons. The molecule has 0 saturated heterocycles. The standard InChI is InChI=1S/C25H23N3O2S/c1-18-9-8-14-21(17-18)30-16-15-22-27-28-25(31-22)26-24(29)23(19-10-4-2-5-11-19)20-12-6-3-7-13-20/h2-14,17,23H,15-16H2,1H3,(H,26,28,29). The molecule has 0 unspecified atom stereocenters. The van der Waals surface area contributed by atoms with Crippen LogP contribution in [0.25, 0.3) is 0 Å². The molecule has 0 atom stereocenters. The number of rotatable bonds is 8. The lowest BCUT2D eigenvalue weighted by molar-refractivity contribution is -0.116. The number of nitrogens with zero attached hydrogens (tertiary/aromatic N) is 2. The summed E-state index contributed by atoms with van der Waals surface area (Å²) in [5.74, 6) is 0.294. The summed E-state index contributed by atoms with van der Waals surface area (Å²) in [7, 11) is 0. The number of ether oxygens (including phenoxy) is 1. The maximum atomic E-state index is 13.2. The topological polar surface area (TPSA) is 64.1 Å². The Morgan fingerprint density at radius 3 is 2.26 bits per heavy atom. The molecule has 0 fully saturated rings. The van der Waals surface area contributed by atoms with Crippen LogP contribution >= 0.6 is 11.3 Å². The summed E-state index contributed by atoms with van der Waals surface area (Å²) < 4.78 is 5.79. The van der Waals surface area contributed by atoms with Crippen molar-refractivity contribution in [2.45, 2.75) is 19.3 Å². The summed E-state index contributed by atoms with van der Waals surface area (Å²) in [6.45, 7) is 2.54. The smallest absolute Gasteiger partial charge is 0.238 e. The quantitative estimate of drug-likeness (QED) is 0.416. The van der Waals surface area contributed by atoms with Crippen molar-refractivity contribution >= 4 is 22.4 Å². The fourth-order valence-electron chi connectivity index (χ4n) is 3.33. The molecule has 1 heterocycles. The summed E-state index contributed by atoms with van der Waals surface area (Å²) in [6.07, 6.45) is 0.627. The number of benzene rings is 3. The molecule has 4 rings (SSSR count). The van der Waals surface area contributed by atoms with Crippen LogP contribution in [0.5, 0.6) is 5.75 Å². The second-order valence-corrected chi connectivity index (χ2v) is 8.22. The van der Waals surface area contributed by atoms with E-state index in [0.29, 0.717) is 18.2 Å². The first-order valence-corrected chi connectivity index (χ1v) is 10.9. The molecule has 0 aliphatic rings. The van der Waals surface area contributed by atoms with Crippen LogP contribution in [0, 0.1) is 6.92 Å². The van der Waals surface area contributed by atoms with Gasteiger partial charge in [-0.3, -0.25) is 10.1 Å². The van der Waals surface area contributed by atoms with Gasteiger partial charge in [-0.05, 0) is 35.7 Å². The van der Waals surface area contributed by atoms with Gasteiger partial charge in [-0.15, -0.1) is 10.2 Å². The van der Waals surface area contributed by atoms with Crippen LogP contribution in [0.2, 0.25) is 0 Å². The Bertz CT molecular complexity index is 1090.